The zero-order valence-corrected chi connectivity index (χ0v) is 20.3. The number of hydrogen-bond acceptors (Lipinski definition) is 5. The monoisotopic (exact) mass is 522 g/mol. The van der Waals surface area contributed by atoms with Gasteiger partial charge in [-0.15, -0.1) is 0 Å². The van der Waals surface area contributed by atoms with E-state index in [1.165, 1.54) is 24.3 Å². The quantitative estimate of drug-likeness (QED) is 0.0864. The number of carboxylic acid groups (broad SMARTS) is 1. The molecule has 0 aliphatic carbocycles. The lowest BCUT2D eigenvalue weighted by Crippen LogP contribution is -2.12. The molecule has 2 N–H and O–H groups in total. The van der Waals surface area contributed by atoms with E-state index in [2.05, 4.69) is 14.9 Å². The van der Waals surface area contributed by atoms with Gasteiger partial charge in [0.05, 0.1) is 5.71 Å². The molecule has 0 bridgehead atoms. The number of oxime groups is 1. The van der Waals surface area contributed by atoms with Crippen molar-refractivity contribution >= 4 is 23.5 Å². The fourth-order valence-corrected chi connectivity index (χ4v) is 4.25. The van der Waals surface area contributed by atoms with Crippen LogP contribution in [0.5, 0.6) is 5.75 Å². The topological polar surface area (TPSA) is 92.0 Å². The molecule has 1 heterocycles. The number of ether oxygens (including phenoxy) is 1. The van der Waals surface area contributed by atoms with Gasteiger partial charge in [0.15, 0.2) is 11.6 Å². The van der Waals surface area contributed by atoms with E-state index >= 15 is 4.39 Å². The number of hydrogen-bond donors (Lipinski definition) is 2. The van der Waals surface area contributed by atoms with Gasteiger partial charge in [-0.25, -0.2) is 13.6 Å². The first-order valence-electron chi connectivity index (χ1n) is 11.1. The molecule has 0 fully saturated rings. The minimum atomic E-state index is -1.61. The third-order valence-electron chi connectivity index (χ3n) is 5.86. The highest BCUT2D eigenvalue weighted by Crippen LogP contribution is 2.34. The molecule has 1 atom stereocenters. The summed E-state index contributed by atoms with van der Waals surface area (Å²) in [6.07, 6.45) is 0.173. The number of benzene rings is 3. The van der Waals surface area contributed by atoms with Crippen LogP contribution in [-0.2, 0) is 0 Å². The van der Waals surface area contributed by atoms with Crippen LogP contribution in [0.1, 0.15) is 34.7 Å². The fourth-order valence-electron chi connectivity index (χ4n) is 4.09. The maximum Gasteiger partial charge on any atom is 0.511 e. The van der Waals surface area contributed by atoms with Crippen molar-refractivity contribution in [1.82, 2.24) is 4.98 Å². The second-order valence-corrected chi connectivity index (χ2v) is 8.73. The molecule has 0 aliphatic rings. The third-order valence-corrected chi connectivity index (χ3v) is 6.10. The predicted octanol–water partition coefficient (Wildman–Crippen LogP) is 7.45. The minimum Gasteiger partial charge on any atom is -0.449 e. The summed E-state index contributed by atoms with van der Waals surface area (Å²) in [6.45, 7) is 1.82. The zero-order chi connectivity index (χ0) is 26.5. The van der Waals surface area contributed by atoms with Gasteiger partial charge in [-0.1, -0.05) is 53.2 Å². The lowest BCUT2D eigenvalue weighted by molar-refractivity contribution is 0.142. The van der Waals surface area contributed by atoms with E-state index < -0.39 is 29.5 Å². The molecule has 0 saturated heterocycles. The van der Waals surface area contributed by atoms with Crippen LogP contribution >= 0.6 is 11.6 Å². The largest absolute Gasteiger partial charge is 0.511 e. The second kappa shape index (κ2) is 11.2. The normalized spacial score (nSPS) is 12.3. The molecule has 9 heteroatoms. The van der Waals surface area contributed by atoms with Crippen molar-refractivity contribution in [3.8, 4) is 16.9 Å². The van der Waals surface area contributed by atoms with Crippen LogP contribution in [0.4, 0.5) is 13.6 Å². The minimum absolute atomic E-state index is 0.174. The molecule has 188 valence electrons. The number of nitrogens with zero attached hydrogens (tertiary/aromatic N) is 2. The van der Waals surface area contributed by atoms with E-state index in [0.29, 0.717) is 28.0 Å². The molecule has 1 unspecified atom stereocenters. The molecule has 1 aromatic heterocycles. The Labute approximate surface area is 216 Å². The molecule has 4 rings (SSSR count). The second-order valence-electron chi connectivity index (χ2n) is 8.29. The number of aromatic nitrogens is 1. The summed E-state index contributed by atoms with van der Waals surface area (Å²) < 4.78 is 33.7. The number of halogens is 3. The Hall–Kier alpha value is -4.30. The summed E-state index contributed by atoms with van der Waals surface area (Å²) in [4.78, 5) is 14.9. The van der Waals surface area contributed by atoms with Gasteiger partial charge in [0.2, 0.25) is 0 Å². The Morgan fingerprint density at radius 1 is 1.00 bits per heavy atom. The van der Waals surface area contributed by atoms with Gasteiger partial charge >= 0.3 is 6.16 Å². The van der Waals surface area contributed by atoms with E-state index in [9.17, 15) is 14.4 Å². The van der Waals surface area contributed by atoms with Crippen molar-refractivity contribution in [2.24, 2.45) is 5.16 Å². The molecule has 0 saturated carbocycles. The van der Waals surface area contributed by atoms with Crippen molar-refractivity contribution in [2.45, 2.75) is 19.3 Å². The molecule has 6 nitrogen and oxygen atoms in total. The van der Waals surface area contributed by atoms with E-state index in [-0.39, 0.29) is 11.4 Å². The van der Waals surface area contributed by atoms with Gasteiger partial charge < -0.3 is 15.1 Å². The molecule has 0 amide bonds. The van der Waals surface area contributed by atoms with Crippen LogP contribution in [-0.4, -0.2) is 27.2 Å². The molecule has 3 aromatic carbocycles. The summed E-state index contributed by atoms with van der Waals surface area (Å²) in [7, 11) is 0. The molecule has 37 heavy (non-hydrogen) atoms. The van der Waals surface area contributed by atoms with Gasteiger partial charge in [-0.3, -0.25) is 4.98 Å². The Morgan fingerprint density at radius 3 is 2.35 bits per heavy atom. The highest BCUT2D eigenvalue weighted by molar-refractivity contribution is 6.30. The lowest BCUT2D eigenvalue weighted by atomic mass is 9.84. The molecule has 0 aliphatic heterocycles. The SMILES string of the molecule is Cc1cc(/C(CC(c2ccc(-c3ccc(OC(=O)O)c(F)c3)cc2)c2ccc(Cl)cc2F)=N/O)ccn1. The van der Waals surface area contributed by atoms with Crippen LogP contribution in [0.2, 0.25) is 5.02 Å². The molecular weight excluding hydrogens is 502 g/mol. The Bertz CT molecular complexity index is 1480. The smallest absolute Gasteiger partial charge is 0.449 e. The summed E-state index contributed by atoms with van der Waals surface area (Å²) in [6, 6.07) is 18.9. The van der Waals surface area contributed by atoms with Crippen LogP contribution < -0.4 is 4.74 Å². The Kier molecular flexibility index (Phi) is 7.79. The van der Waals surface area contributed by atoms with Gasteiger partial charge in [0.25, 0.3) is 0 Å². The number of pyridine rings is 1. The first-order chi connectivity index (χ1) is 17.7. The fraction of sp³-hybridized carbons (Fsp3) is 0.107. The van der Waals surface area contributed by atoms with Crippen LogP contribution in [0.15, 0.2) is 84.1 Å². The van der Waals surface area contributed by atoms with Crippen LogP contribution in [0.25, 0.3) is 11.1 Å². The van der Waals surface area contributed by atoms with Gasteiger partial charge in [-0.2, -0.15) is 0 Å². The van der Waals surface area contributed by atoms with Crippen molar-refractivity contribution in [3.05, 3.63) is 118 Å². The summed E-state index contributed by atoms with van der Waals surface area (Å²) in [5.41, 5.74) is 3.99. The maximum atomic E-state index is 15.0. The van der Waals surface area contributed by atoms with Crippen molar-refractivity contribution in [2.75, 3.05) is 0 Å². The first-order valence-corrected chi connectivity index (χ1v) is 11.5. The maximum absolute atomic E-state index is 15.0. The van der Waals surface area contributed by atoms with Crippen LogP contribution in [0, 0.1) is 18.6 Å². The van der Waals surface area contributed by atoms with Crippen molar-refractivity contribution < 1.29 is 28.6 Å². The van der Waals surface area contributed by atoms with Gasteiger partial charge in [-0.05, 0) is 65.6 Å². The predicted molar refractivity (Wildman–Crippen MR) is 136 cm³/mol. The molecule has 0 radical (unpaired) electrons. The highest BCUT2D eigenvalue weighted by atomic mass is 35.5. The molecule has 4 aromatic rings. The third kappa shape index (κ3) is 6.10. The van der Waals surface area contributed by atoms with Crippen LogP contribution in [0.3, 0.4) is 0 Å². The van der Waals surface area contributed by atoms with E-state index in [4.69, 9.17) is 16.7 Å². The number of rotatable bonds is 7. The van der Waals surface area contributed by atoms with Crippen molar-refractivity contribution in [1.29, 1.82) is 0 Å². The first kappa shape index (κ1) is 25.8. The summed E-state index contributed by atoms with van der Waals surface area (Å²) in [5, 5.41) is 22.2. The Morgan fingerprint density at radius 2 is 1.73 bits per heavy atom. The zero-order valence-electron chi connectivity index (χ0n) is 19.5. The highest BCUT2D eigenvalue weighted by Gasteiger charge is 2.22. The number of aryl methyl sites for hydroxylation is 1. The average Bonchev–Trinajstić information content (AvgIpc) is 2.86. The molecule has 0 spiro atoms. The summed E-state index contributed by atoms with van der Waals surface area (Å²) >= 11 is 5.97. The van der Waals surface area contributed by atoms with Crippen molar-refractivity contribution in [3.63, 3.8) is 0 Å². The lowest BCUT2D eigenvalue weighted by Gasteiger charge is -2.20. The van der Waals surface area contributed by atoms with Gasteiger partial charge in [0, 0.05) is 34.8 Å². The van der Waals surface area contributed by atoms with E-state index in [1.54, 1.807) is 54.7 Å². The van der Waals surface area contributed by atoms with E-state index in [0.717, 1.165) is 11.3 Å². The molecular formula is C28H21ClF2N2O4. The Balaban J connectivity index is 1.70. The summed E-state index contributed by atoms with van der Waals surface area (Å²) in [5.74, 6) is -2.25. The van der Waals surface area contributed by atoms with E-state index in [1.807, 2.05) is 6.92 Å². The standard InChI is InChI=1S/C28H21ClF2N2O4/c1-16-12-20(10-11-32-16)26(33-36)15-23(22-8-7-21(29)14-24(22)30)18-4-2-17(3-5-18)19-6-9-27(25(31)13-19)37-28(34)35/h2-14,23,36H,15H2,1H3,(H,34,35)/b33-26+. The average molecular weight is 523 g/mol. The number of carbonyl (C=O) groups is 1. The van der Waals surface area contributed by atoms with Gasteiger partial charge in [0.1, 0.15) is 5.82 Å².